The van der Waals surface area contributed by atoms with Gasteiger partial charge < -0.3 is 19.8 Å². The average molecular weight is 514 g/mol. The molecule has 3 saturated carbocycles. The van der Waals surface area contributed by atoms with Crippen molar-refractivity contribution < 1.29 is 33.7 Å². The Hall–Kier alpha value is -2.58. The number of ether oxygens (including phenoxy) is 1. The lowest BCUT2D eigenvalue weighted by molar-refractivity contribution is -0.219. The number of rotatable bonds is 4. The first-order valence-corrected chi connectivity index (χ1v) is 13.1. The van der Waals surface area contributed by atoms with E-state index in [2.05, 4.69) is 0 Å². The quantitative estimate of drug-likeness (QED) is 0.557. The molecule has 8 atom stereocenters. The van der Waals surface area contributed by atoms with Crippen molar-refractivity contribution in [1.82, 2.24) is 4.90 Å². The Balaban J connectivity index is 1.42. The summed E-state index contributed by atoms with van der Waals surface area (Å²) >= 11 is 0. The smallest absolute Gasteiger partial charge is 0.340 e. The number of aliphatic hydroxyl groups excluding tert-OH is 1. The number of nitrogens with zero attached hydrogens (tertiary/aromatic N) is 1. The maximum absolute atomic E-state index is 17.2. The molecular formula is C29H36FNO6. The number of ketones is 2. The van der Waals surface area contributed by atoms with Crippen molar-refractivity contribution in [2.45, 2.75) is 63.8 Å². The van der Waals surface area contributed by atoms with Crippen LogP contribution in [0.1, 0.15) is 46.5 Å². The van der Waals surface area contributed by atoms with Crippen LogP contribution < -0.4 is 0 Å². The Morgan fingerprint density at radius 2 is 1.97 bits per heavy atom. The van der Waals surface area contributed by atoms with Gasteiger partial charge in [0.15, 0.2) is 18.1 Å². The van der Waals surface area contributed by atoms with Crippen molar-refractivity contribution in [3.63, 3.8) is 0 Å². The van der Waals surface area contributed by atoms with E-state index in [1.807, 2.05) is 18.0 Å². The van der Waals surface area contributed by atoms with Crippen LogP contribution in [-0.4, -0.2) is 70.2 Å². The molecule has 0 amide bonds. The first-order chi connectivity index (χ1) is 17.3. The number of hydrogen-bond donors (Lipinski definition) is 2. The summed E-state index contributed by atoms with van der Waals surface area (Å²) in [6.07, 6.45) is 9.28. The lowest BCUT2D eigenvalue weighted by Gasteiger charge is -2.62. The number of hydrogen-bond acceptors (Lipinski definition) is 7. The van der Waals surface area contributed by atoms with Gasteiger partial charge in [-0.3, -0.25) is 9.59 Å². The van der Waals surface area contributed by atoms with Crippen molar-refractivity contribution in [3.05, 3.63) is 47.7 Å². The van der Waals surface area contributed by atoms with Gasteiger partial charge in [-0.05, 0) is 62.7 Å². The van der Waals surface area contributed by atoms with E-state index in [-0.39, 0.29) is 18.1 Å². The van der Waals surface area contributed by atoms with Crippen molar-refractivity contribution in [3.8, 4) is 0 Å². The molecule has 0 spiro atoms. The Morgan fingerprint density at radius 3 is 2.68 bits per heavy atom. The van der Waals surface area contributed by atoms with Gasteiger partial charge in [-0.15, -0.1) is 0 Å². The Kier molecular flexibility index (Phi) is 5.96. The van der Waals surface area contributed by atoms with E-state index in [0.29, 0.717) is 37.0 Å². The highest BCUT2D eigenvalue weighted by atomic mass is 19.1. The molecule has 200 valence electrons. The van der Waals surface area contributed by atoms with E-state index in [1.165, 1.54) is 12.2 Å². The molecule has 2 N–H and O–H groups in total. The van der Waals surface area contributed by atoms with Gasteiger partial charge >= 0.3 is 5.97 Å². The van der Waals surface area contributed by atoms with Gasteiger partial charge in [0, 0.05) is 36.5 Å². The third kappa shape index (κ3) is 3.41. The minimum Gasteiger partial charge on any atom is -0.454 e. The van der Waals surface area contributed by atoms with E-state index in [4.69, 9.17) is 4.74 Å². The Morgan fingerprint density at radius 1 is 1.24 bits per heavy atom. The Bertz CT molecular complexity index is 1170. The number of fused-ring (bicyclic) bond motifs is 5. The number of carbonyl (C=O) groups is 3. The third-order valence-corrected chi connectivity index (χ3v) is 10.3. The lowest BCUT2D eigenvalue weighted by atomic mass is 9.44. The minimum atomic E-state index is -2.04. The van der Waals surface area contributed by atoms with Crippen LogP contribution >= 0.6 is 0 Å². The number of halogens is 1. The maximum Gasteiger partial charge on any atom is 0.340 e. The summed E-state index contributed by atoms with van der Waals surface area (Å²) in [7, 11) is 1.82. The van der Waals surface area contributed by atoms with E-state index in [0.717, 1.165) is 0 Å². The molecule has 7 nitrogen and oxygen atoms in total. The second-order valence-corrected chi connectivity index (χ2v) is 12.1. The second kappa shape index (κ2) is 8.46. The standard InChI is InChI=1S/C29H36FNO6/c1-17-12-22-21-8-7-19-13-20(32)9-10-26(19,2)28(21,30)23(33)14-27(22,3)29(17,36)24(34)16-37-25(35)18-6-5-11-31(4)15-18/h5-6,9-10,13,15,17,21-23,33,36H,7-8,11-12,14,16H2,1-4H3/t17-,21?,22?,23?,26?,27?,28+,29+/m1/s1. The van der Waals surface area contributed by atoms with Gasteiger partial charge in [0.25, 0.3) is 0 Å². The molecule has 1 aliphatic heterocycles. The predicted octanol–water partition coefficient (Wildman–Crippen LogP) is 2.83. The summed E-state index contributed by atoms with van der Waals surface area (Å²) in [5.74, 6) is -2.96. The van der Waals surface area contributed by atoms with Crippen LogP contribution in [-0.2, 0) is 19.1 Å². The van der Waals surface area contributed by atoms with Crippen LogP contribution in [0.15, 0.2) is 47.7 Å². The average Bonchev–Trinajstić information content (AvgIpc) is 3.05. The molecule has 5 unspecified atom stereocenters. The minimum absolute atomic E-state index is 0.117. The molecule has 0 radical (unpaired) electrons. The number of likely N-dealkylation sites (N-methyl/N-ethyl adjacent to an activating group) is 1. The largest absolute Gasteiger partial charge is 0.454 e. The van der Waals surface area contributed by atoms with Crippen molar-refractivity contribution in [2.75, 3.05) is 20.2 Å². The monoisotopic (exact) mass is 513 g/mol. The highest BCUT2D eigenvalue weighted by molar-refractivity contribution is 6.01. The zero-order chi connectivity index (χ0) is 27.0. The van der Waals surface area contributed by atoms with Crippen molar-refractivity contribution >= 4 is 17.5 Å². The van der Waals surface area contributed by atoms with Gasteiger partial charge in [-0.2, -0.15) is 0 Å². The van der Waals surface area contributed by atoms with E-state index in [1.54, 1.807) is 39.1 Å². The van der Waals surface area contributed by atoms with E-state index >= 15 is 4.39 Å². The van der Waals surface area contributed by atoms with Gasteiger partial charge in [0.05, 0.1) is 11.7 Å². The zero-order valence-electron chi connectivity index (χ0n) is 21.9. The lowest BCUT2D eigenvalue weighted by Crippen LogP contribution is -2.69. The first-order valence-electron chi connectivity index (χ1n) is 13.1. The molecule has 0 aromatic heterocycles. The van der Waals surface area contributed by atoms with Gasteiger partial charge in [-0.1, -0.05) is 31.6 Å². The molecule has 37 heavy (non-hydrogen) atoms. The van der Waals surface area contributed by atoms with Crippen molar-refractivity contribution in [2.24, 2.45) is 28.6 Å². The SMILES string of the molecule is C[C@@H]1CC2C3CCC4=CC(=O)C=CC4(C)[C@@]3(F)C(O)CC2(C)[C@@]1(O)C(=O)COC(=O)C1=CN(C)CC=C1. The summed E-state index contributed by atoms with van der Waals surface area (Å²) in [5, 5.41) is 23.4. The summed E-state index contributed by atoms with van der Waals surface area (Å²) in [5.41, 5.74) is -5.17. The van der Waals surface area contributed by atoms with Crippen LogP contribution in [0.4, 0.5) is 4.39 Å². The molecular weight excluding hydrogens is 477 g/mol. The summed E-state index contributed by atoms with van der Waals surface area (Å²) < 4.78 is 22.5. The highest BCUT2D eigenvalue weighted by Crippen LogP contribution is 2.70. The molecule has 0 aromatic carbocycles. The molecule has 3 fully saturated rings. The fraction of sp³-hybridized carbons (Fsp3) is 0.621. The van der Waals surface area contributed by atoms with Crippen molar-refractivity contribution in [1.29, 1.82) is 0 Å². The molecule has 0 saturated heterocycles. The number of esters is 1. The molecule has 5 aliphatic rings. The van der Waals surface area contributed by atoms with Crippen LogP contribution in [0.2, 0.25) is 0 Å². The van der Waals surface area contributed by atoms with E-state index in [9.17, 15) is 24.6 Å². The van der Waals surface area contributed by atoms with Gasteiger partial charge in [-0.25, -0.2) is 9.18 Å². The first kappa shape index (κ1) is 26.0. The molecule has 0 bridgehead atoms. The Labute approximate surface area is 216 Å². The van der Waals surface area contributed by atoms with Crippen LogP contribution in [0, 0.1) is 28.6 Å². The van der Waals surface area contributed by atoms with Crippen LogP contribution in [0.25, 0.3) is 0 Å². The van der Waals surface area contributed by atoms with Crippen LogP contribution in [0.5, 0.6) is 0 Å². The number of allylic oxidation sites excluding steroid dienone is 4. The number of alkyl halides is 1. The van der Waals surface area contributed by atoms with Gasteiger partial charge in [0.2, 0.25) is 5.78 Å². The summed E-state index contributed by atoms with van der Waals surface area (Å²) in [6.45, 7) is 5.33. The number of aliphatic hydroxyl groups is 2. The van der Waals surface area contributed by atoms with E-state index < -0.39 is 58.4 Å². The second-order valence-electron chi connectivity index (χ2n) is 12.1. The third-order valence-electron chi connectivity index (χ3n) is 10.3. The molecule has 0 aromatic rings. The predicted molar refractivity (Wildman–Crippen MR) is 134 cm³/mol. The zero-order valence-corrected chi connectivity index (χ0v) is 21.9. The van der Waals surface area contributed by atoms with Crippen LogP contribution in [0.3, 0.4) is 0 Å². The highest BCUT2D eigenvalue weighted by Gasteiger charge is 2.75. The van der Waals surface area contributed by atoms with Gasteiger partial charge in [0.1, 0.15) is 5.60 Å². The topological polar surface area (TPSA) is 104 Å². The fourth-order valence-electron chi connectivity index (χ4n) is 8.26. The maximum atomic E-state index is 17.2. The molecule has 5 rings (SSSR count). The molecule has 8 heteroatoms. The molecule has 1 heterocycles. The normalized spacial score (nSPS) is 44.4. The fourth-order valence-corrected chi connectivity index (χ4v) is 8.26. The summed E-state index contributed by atoms with van der Waals surface area (Å²) in [4.78, 5) is 39.9. The number of Topliss-reactive ketones (excluding diaryl/α,β-unsaturated/α-hetero) is 1. The summed E-state index contributed by atoms with van der Waals surface area (Å²) in [6, 6.07) is 0. The number of carbonyl (C=O) groups excluding carboxylic acids is 3. The molecule has 4 aliphatic carbocycles.